The smallest absolute Gasteiger partial charge is 0.228 e. The van der Waals surface area contributed by atoms with Gasteiger partial charge in [-0.25, -0.2) is 0 Å². The number of hydrogen-bond acceptors (Lipinski definition) is 3. The van der Waals surface area contributed by atoms with Gasteiger partial charge in [0.15, 0.2) is 0 Å². The summed E-state index contributed by atoms with van der Waals surface area (Å²) in [7, 11) is 0. The van der Waals surface area contributed by atoms with E-state index >= 15 is 0 Å². The number of aromatic amines is 1. The van der Waals surface area contributed by atoms with Gasteiger partial charge in [0.05, 0.1) is 24.4 Å². The summed E-state index contributed by atoms with van der Waals surface area (Å²) in [4.78, 5) is 17.1. The minimum absolute atomic E-state index is 0.162. The van der Waals surface area contributed by atoms with E-state index in [1.54, 1.807) is 11.3 Å². The molecule has 1 N–H and O–H groups in total. The molecular formula is C16H21N3OS. The first kappa shape index (κ1) is 14.3. The summed E-state index contributed by atoms with van der Waals surface area (Å²) in [6.07, 6.45) is 5.65. The number of hydrogen-bond donors (Lipinski definition) is 1. The summed E-state index contributed by atoms with van der Waals surface area (Å²) in [5, 5.41) is 7.20. The molecule has 0 saturated carbocycles. The number of piperidine rings is 1. The van der Waals surface area contributed by atoms with Crippen LogP contribution in [0.1, 0.15) is 46.3 Å². The van der Waals surface area contributed by atoms with Crippen LogP contribution >= 0.6 is 11.3 Å². The maximum atomic E-state index is 12.7. The van der Waals surface area contributed by atoms with E-state index in [1.807, 2.05) is 11.1 Å². The zero-order valence-corrected chi connectivity index (χ0v) is 13.4. The molecule has 21 heavy (non-hydrogen) atoms. The number of H-pyrrole nitrogens is 1. The molecule has 1 amide bonds. The van der Waals surface area contributed by atoms with Crippen molar-refractivity contribution in [2.24, 2.45) is 0 Å². The number of aryl methyl sites for hydroxylation is 2. The summed E-state index contributed by atoms with van der Waals surface area (Å²) in [5.74, 6) is 0.232. The number of thiophene rings is 1. The normalized spacial score (nSPS) is 19.0. The molecule has 0 bridgehead atoms. The Morgan fingerprint density at radius 3 is 2.95 bits per heavy atom. The highest BCUT2D eigenvalue weighted by Crippen LogP contribution is 2.32. The predicted octanol–water partition coefficient (Wildman–Crippen LogP) is 3.38. The molecule has 2 aromatic rings. The molecular weight excluding hydrogens is 282 g/mol. The van der Waals surface area contributed by atoms with Crippen LogP contribution in [0.5, 0.6) is 0 Å². The van der Waals surface area contributed by atoms with Crippen molar-refractivity contribution >= 4 is 17.2 Å². The second-order valence-corrected chi connectivity index (χ2v) is 7.13. The van der Waals surface area contributed by atoms with Crippen LogP contribution in [0.25, 0.3) is 0 Å². The fourth-order valence-corrected chi connectivity index (χ4v) is 3.94. The van der Waals surface area contributed by atoms with Crippen LogP contribution in [-0.2, 0) is 11.2 Å². The molecule has 5 heteroatoms. The molecule has 2 aromatic heterocycles. The minimum Gasteiger partial charge on any atom is -0.334 e. The molecule has 1 unspecified atom stereocenters. The molecule has 1 atom stereocenters. The highest BCUT2D eigenvalue weighted by Gasteiger charge is 2.30. The van der Waals surface area contributed by atoms with Gasteiger partial charge in [0.2, 0.25) is 5.91 Å². The van der Waals surface area contributed by atoms with E-state index in [1.165, 1.54) is 11.3 Å². The minimum atomic E-state index is 0.162. The third kappa shape index (κ3) is 3.02. The monoisotopic (exact) mass is 303 g/mol. The maximum Gasteiger partial charge on any atom is 0.228 e. The van der Waals surface area contributed by atoms with Crippen molar-refractivity contribution in [3.8, 4) is 0 Å². The van der Waals surface area contributed by atoms with E-state index in [0.29, 0.717) is 6.42 Å². The zero-order chi connectivity index (χ0) is 14.8. The van der Waals surface area contributed by atoms with Gasteiger partial charge in [0.1, 0.15) is 0 Å². The van der Waals surface area contributed by atoms with Crippen molar-refractivity contribution in [2.45, 2.75) is 45.6 Å². The molecule has 0 radical (unpaired) electrons. The number of nitrogens with one attached hydrogen (secondary N) is 1. The summed E-state index contributed by atoms with van der Waals surface area (Å²) < 4.78 is 0. The molecule has 4 nitrogen and oxygen atoms in total. The van der Waals surface area contributed by atoms with Gasteiger partial charge in [-0.1, -0.05) is 0 Å². The Hall–Kier alpha value is -1.62. The number of likely N-dealkylation sites (tertiary alicyclic amines) is 1. The van der Waals surface area contributed by atoms with Gasteiger partial charge in [0.25, 0.3) is 0 Å². The first-order valence-corrected chi connectivity index (χ1v) is 8.31. The SMILES string of the molecule is Cc1ccc(CC(=O)N2CCCCC2c2[nH]ncc2C)s1. The fraction of sp³-hybridized carbons (Fsp3) is 0.500. The van der Waals surface area contributed by atoms with E-state index in [4.69, 9.17) is 0 Å². The van der Waals surface area contributed by atoms with E-state index in [-0.39, 0.29) is 11.9 Å². The van der Waals surface area contributed by atoms with Gasteiger partial charge in [-0.05, 0) is 50.8 Å². The standard InChI is InChI=1S/C16H21N3OS/c1-11-10-17-18-16(11)14-5-3-4-8-19(14)15(20)9-13-7-6-12(2)21-13/h6-7,10,14H,3-5,8-9H2,1-2H3,(H,17,18). The first-order valence-electron chi connectivity index (χ1n) is 7.50. The second-order valence-electron chi connectivity index (χ2n) is 5.75. The first-order chi connectivity index (χ1) is 10.1. The molecule has 1 fully saturated rings. The van der Waals surface area contributed by atoms with E-state index in [2.05, 4.69) is 36.2 Å². The number of rotatable bonds is 3. The van der Waals surface area contributed by atoms with Crippen LogP contribution in [0, 0.1) is 13.8 Å². The average molecular weight is 303 g/mol. The van der Waals surface area contributed by atoms with Gasteiger partial charge in [-0.15, -0.1) is 11.3 Å². The highest BCUT2D eigenvalue weighted by molar-refractivity contribution is 7.12. The van der Waals surface area contributed by atoms with Crippen LogP contribution < -0.4 is 0 Å². The van der Waals surface area contributed by atoms with Crippen molar-refractivity contribution in [1.29, 1.82) is 0 Å². The Labute approximate surface area is 129 Å². The van der Waals surface area contributed by atoms with Crippen LogP contribution in [0.2, 0.25) is 0 Å². The largest absolute Gasteiger partial charge is 0.334 e. The Morgan fingerprint density at radius 2 is 2.29 bits per heavy atom. The number of carbonyl (C=O) groups excluding carboxylic acids is 1. The van der Waals surface area contributed by atoms with Crippen molar-refractivity contribution < 1.29 is 4.79 Å². The number of nitrogens with zero attached hydrogens (tertiary/aromatic N) is 2. The second kappa shape index (κ2) is 6.02. The van der Waals surface area contributed by atoms with E-state index in [9.17, 15) is 4.79 Å². The summed E-state index contributed by atoms with van der Waals surface area (Å²) >= 11 is 1.71. The van der Waals surface area contributed by atoms with E-state index in [0.717, 1.165) is 35.5 Å². The summed E-state index contributed by atoms with van der Waals surface area (Å²) in [6, 6.07) is 4.31. The van der Waals surface area contributed by atoms with Gasteiger partial charge in [-0.2, -0.15) is 5.10 Å². The lowest BCUT2D eigenvalue weighted by Crippen LogP contribution is -2.39. The molecule has 0 aliphatic carbocycles. The third-order valence-corrected chi connectivity index (χ3v) is 5.15. The van der Waals surface area contributed by atoms with Gasteiger partial charge < -0.3 is 4.90 Å². The topological polar surface area (TPSA) is 49.0 Å². The molecule has 1 aliphatic rings. The van der Waals surface area contributed by atoms with Gasteiger partial charge in [-0.3, -0.25) is 9.89 Å². The predicted molar refractivity (Wildman–Crippen MR) is 84.4 cm³/mol. The Kier molecular flexibility index (Phi) is 4.10. The Bertz CT molecular complexity index is 631. The summed E-state index contributed by atoms with van der Waals surface area (Å²) in [5.41, 5.74) is 2.25. The Balaban J connectivity index is 1.77. The quantitative estimate of drug-likeness (QED) is 0.945. The zero-order valence-electron chi connectivity index (χ0n) is 12.6. The maximum absolute atomic E-state index is 12.7. The van der Waals surface area contributed by atoms with Crippen molar-refractivity contribution in [2.75, 3.05) is 6.54 Å². The number of amides is 1. The van der Waals surface area contributed by atoms with Crippen molar-refractivity contribution in [1.82, 2.24) is 15.1 Å². The average Bonchev–Trinajstić information content (AvgIpc) is 3.07. The molecule has 0 aromatic carbocycles. The van der Waals surface area contributed by atoms with Gasteiger partial charge >= 0.3 is 0 Å². The number of aromatic nitrogens is 2. The van der Waals surface area contributed by atoms with E-state index < -0.39 is 0 Å². The van der Waals surface area contributed by atoms with Gasteiger partial charge in [0, 0.05) is 16.3 Å². The molecule has 112 valence electrons. The Morgan fingerprint density at radius 1 is 1.43 bits per heavy atom. The van der Waals surface area contributed by atoms with Crippen LogP contribution in [-0.4, -0.2) is 27.5 Å². The molecule has 0 spiro atoms. The van der Waals surface area contributed by atoms with Crippen LogP contribution in [0.3, 0.4) is 0 Å². The summed E-state index contributed by atoms with van der Waals surface area (Å²) in [6.45, 7) is 4.99. The lowest BCUT2D eigenvalue weighted by atomic mass is 9.97. The highest BCUT2D eigenvalue weighted by atomic mass is 32.1. The number of carbonyl (C=O) groups is 1. The molecule has 3 rings (SSSR count). The molecule has 1 saturated heterocycles. The molecule has 1 aliphatic heterocycles. The van der Waals surface area contributed by atoms with Crippen molar-refractivity contribution in [3.63, 3.8) is 0 Å². The fourth-order valence-electron chi connectivity index (χ4n) is 3.05. The van der Waals surface area contributed by atoms with Crippen molar-refractivity contribution in [3.05, 3.63) is 39.3 Å². The van der Waals surface area contributed by atoms with Crippen LogP contribution in [0.15, 0.2) is 18.3 Å². The lowest BCUT2D eigenvalue weighted by Gasteiger charge is -2.35. The van der Waals surface area contributed by atoms with Crippen LogP contribution in [0.4, 0.5) is 0 Å². The lowest BCUT2D eigenvalue weighted by molar-refractivity contribution is -0.134. The third-order valence-electron chi connectivity index (χ3n) is 4.15. The molecule has 3 heterocycles.